The molecule has 1 aromatic heterocycles. The summed E-state index contributed by atoms with van der Waals surface area (Å²) in [6, 6.07) is 13.2. The van der Waals surface area contributed by atoms with Gasteiger partial charge in [0, 0.05) is 11.1 Å². The van der Waals surface area contributed by atoms with E-state index >= 15 is 0 Å². The van der Waals surface area contributed by atoms with Crippen LogP contribution in [-0.4, -0.2) is 10.9 Å². The van der Waals surface area contributed by atoms with Gasteiger partial charge in [0.05, 0.1) is 10.5 Å². The van der Waals surface area contributed by atoms with Crippen LogP contribution in [0.5, 0.6) is 0 Å². The van der Waals surface area contributed by atoms with Crippen molar-refractivity contribution in [1.82, 2.24) is 4.98 Å². The zero-order valence-corrected chi connectivity index (χ0v) is 12.6. The zero-order valence-electron chi connectivity index (χ0n) is 11.8. The van der Waals surface area contributed by atoms with E-state index in [4.69, 9.17) is 11.6 Å². The Labute approximate surface area is 127 Å². The van der Waals surface area contributed by atoms with Crippen molar-refractivity contribution in [2.24, 2.45) is 0 Å². The second-order valence-electron chi connectivity index (χ2n) is 5.09. The molecule has 0 aliphatic carbocycles. The lowest BCUT2D eigenvalue weighted by Gasteiger charge is -2.09. The van der Waals surface area contributed by atoms with E-state index in [0.29, 0.717) is 10.7 Å². The number of hydrogen-bond acceptors (Lipinski definition) is 1. The van der Waals surface area contributed by atoms with Crippen LogP contribution in [0.1, 0.15) is 21.6 Å². The third kappa shape index (κ3) is 2.52. The van der Waals surface area contributed by atoms with E-state index in [1.807, 2.05) is 50.2 Å². The molecule has 3 rings (SSSR count). The molecule has 106 valence electrons. The predicted octanol–water partition coefficient (Wildman–Crippen LogP) is 4.69. The zero-order chi connectivity index (χ0) is 15.0. The molecule has 1 heterocycles. The van der Waals surface area contributed by atoms with Gasteiger partial charge in [-0.15, -0.1) is 0 Å². The van der Waals surface area contributed by atoms with Gasteiger partial charge < -0.3 is 10.3 Å². The summed E-state index contributed by atoms with van der Waals surface area (Å²) in [5.41, 5.74) is 4.32. The first-order valence-corrected chi connectivity index (χ1v) is 7.09. The number of amides is 1. The van der Waals surface area contributed by atoms with E-state index in [9.17, 15) is 4.79 Å². The maximum absolute atomic E-state index is 12.4. The molecule has 3 nitrogen and oxygen atoms in total. The first-order chi connectivity index (χ1) is 10.1. The summed E-state index contributed by atoms with van der Waals surface area (Å²) in [4.78, 5) is 15.4. The molecule has 0 spiro atoms. The second-order valence-corrected chi connectivity index (χ2v) is 5.50. The lowest BCUT2D eigenvalue weighted by Crippen LogP contribution is -2.13. The summed E-state index contributed by atoms with van der Waals surface area (Å²) in [6.07, 6.45) is 0. The fourth-order valence-corrected chi connectivity index (χ4v) is 2.55. The van der Waals surface area contributed by atoms with E-state index < -0.39 is 0 Å². The van der Waals surface area contributed by atoms with Gasteiger partial charge in [0.2, 0.25) is 0 Å². The molecule has 0 unspecified atom stereocenters. The number of fused-ring (bicyclic) bond motifs is 1. The molecule has 2 aromatic carbocycles. The first kappa shape index (κ1) is 13.7. The minimum absolute atomic E-state index is 0.170. The monoisotopic (exact) mass is 298 g/mol. The van der Waals surface area contributed by atoms with Crippen molar-refractivity contribution in [1.29, 1.82) is 0 Å². The van der Waals surface area contributed by atoms with Gasteiger partial charge in [-0.3, -0.25) is 4.79 Å². The maximum Gasteiger partial charge on any atom is 0.272 e. The molecular weight excluding hydrogens is 284 g/mol. The molecule has 0 saturated carbocycles. The average Bonchev–Trinajstić information content (AvgIpc) is 2.89. The highest BCUT2D eigenvalue weighted by atomic mass is 35.5. The number of hydrogen-bond donors (Lipinski definition) is 2. The van der Waals surface area contributed by atoms with Crippen LogP contribution in [0.4, 0.5) is 5.69 Å². The predicted molar refractivity (Wildman–Crippen MR) is 87.2 cm³/mol. The number of rotatable bonds is 2. The average molecular weight is 299 g/mol. The molecule has 2 N–H and O–H groups in total. The number of anilines is 1. The van der Waals surface area contributed by atoms with Crippen molar-refractivity contribution in [3.05, 3.63) is 64.3 Å². The highest BCUT2D eigenvalue weighted by molar-refractivity contribution is 6.35. The van der Waals surface area contributed by atoms with Crippen LogP contribution in [0.25, 0.3) is 10.9 Å². The number of carbonyl (C=O) groups is 1. The number of benzene rings is 2. The first-order valence-electron chi connectivity index (χ1n) is 6.71. The number of aromatic amines is 1. The van der Waals surface area contributed by atoms with Crippen LogP contribution in [0.3, 0.4) is 0 Å². The largest absolute Gasteiger partial charge is 0.349 e. The van der Waals surface area contributed by atoms with Crippen LogP contribution in [-0.2, 0) is 0 Å². The molecule has 0 bridgehead atoms. The standard InChI is InChI=1S/C17H15ClN2O/c1-10-5-3-8-14(11(10)2)20-17(21)15-9-12-6-4-7-13(18)16(12)19-15/h3-9,19H,1-2H3,(H,20,21). The third-order valence-corrected chi connectivity index (χ3v) is 4.02. The second kappa shape index (κ2) is 5.26. The Morgan fingerprint density at radius 2 is 1.90 bits per heavy atom. The van der Waals surface area contributed by atoms with Gasteiger partial charge in [-0.05, 0) is 43.2 Å². The van der Waals surface area contributed by atoms with Gasteiger partial charge in [0.15, 0.2) is 0 Å². The Kier molecular flexibility index (Phi) is 3.43. The van der Waals surface area contributed by atoms with E-state index in [1.165, 1.54) is 0 Å². The van der Waals surface area contributed by atoms with E-state index in [-0.39, 0.29) is 5.91 Å². The molecule has 0 saturated heterocycles. The quantitative estimate of drug-likeness (QED) is 0.708. The third-order valence-electron chi connectivity index (χ3n) is 3.70. The highest BCUT2D eigenvalue weighted by Crippen LogP contribution is 2.24. The summed E-state index contributed by atoms with van der Waals surface area (Å²) >= 11 is 6.12. The number of carbonyl (C=O) groups excluding carboxylic acids is 1. The molecule has 1 amide bonds. The summed E-state index contributed by atoms with van der Waals surface area (Å²) in [5.74, 6) is -0.170. The van der Waals surface area contributed by atoms with E-state index in [1.54, 1.807) is 6.07 Å². The molecule has 0 radical (unpaired) electrons. The van der Waals surface area contributed by atoms with E-state index in [0.717, 1.165) is 27.7 Å². The Hall–Kier alpha value is -2.26. The summed E-state index contributed by atoms with van der Waals surface area (Å²) in [7, 11) is 0. The number of nitrogens with one attached hydrogen (secondary N) is 2. The van der Waals surface area contributed by atoms with Crippen molar-refractivity contribution < 1.29 is 4.79 Å². The van der Waals surface area contributed by atoms with Crippen molar-refractivity contribution >= 4 is 34.1 Å². The fraction of sp³-hybridized carbons (Fsp3) is 0.118. The van der Waals surface area contributed by atoms with Crippen LogP contribution >= 0.6 is 11.6 Å². The van der Waals surface area contributed by atoms with Gasteiger partial charge in [0.1, 0.15) is 5.69 Å². The normalized spacial score (nSPS) is 10.8. The summed E-state index contributed by atoms with van der Waals surface area (Å²) < 4.78 is 0. The maximum atomic E-state index is 12.4. The van der Waals surface area contributed by atoms with Crippen LogP contribution in [0.15, 0.2) is 42.5 Å². The smallest absolute Gasteiger partial charge is 0.272 e. The van der Waals surface area contributed by atoms with Crippen molar-refractivity contribution in [3.8, 4) is 0 Å². The summed E-state index contributed by atoms with van der Waals surface area (Å²) in [5, 5.41) is 4.47. The summed E-state index contributed by atoms with van der Waals surface area (Å²) in [6.45, 7) is 4.01. The SMILES string of the molecule is Cc1cccc(NC(=O)c2cc3cccc(Cl)c3[nH]2)c1C. The van der Waals surface area contributed by atoms with Crippen LogP contribution < -0.4 is 5.32 Å². The Balaban J connectivity index is 1.94. The number of aryl methyl sites for hydroxylation is 1. The van der Waals surface area contributed by atoms with Crippen LogP contribution in [0.2, 0.25) is 5.02 Å². The fourth-order valence-electron chi connectivity index (χ4n) is 2.32. The van der Waals surface area contributed by atoms with Crippen LogP contribution in [0, 0.1) is 13.8 Å². The van der Waals surface area contributed by atoms with Gasteiger partial charge in [-0.1, -0.05) is 35.9 Å². The van der Waals surface area contributed by atoms with Gasteiger partial charge >= 0.3 is 0 Å². The van der Waals surface area contributed by atoms with Gasteiger partial charge in [-0.2, -0.15) is 0 Å². The van der Waals surface area contributed by atoms with Gasteiger partial charge in [-0.25, -0.2) is 0 Å². The molecule has 0 atom stereocenters. The minimum atomic E-state index is -0.170. The topological polar surface area (TPSA) is 44.9 Å². The molecule has 3 aromatic rings. The Morgan fingerprint density at radius 1 is 1.14 bits per heavy atom. The number of aromatic nitrogens is 1. The molecular formula is C17H15ClN2O. The lowest BCUT2D eigenvalue weighted by molar-refractivity contribution is 0.102. The van der Waals surface area contributed by atoms with Crippen molar-refractivity contribution in [3.63, 3.8) is 0 Å². The van der Waals surface area contributed by atoms with Gasteiger partial charge in [0.25, 0.3) is 5.91 Å². The molecule has 0 fully saturated rings. The molecule has 0 aliphatic rings. The lowest BCUT2D eigenvalue weighted by atomic mass is 10.1. The Morgan fingerprint density at radius 3 is 2.67 bits per heavy atom. The van der Waals surface area contributed by atoms with Crippen molar-refractivity contribution in [2.45, 2.75) is 13.8 Å². The highest BCUT2D eigenvalue weighted by Gasteiger charge is 2.12. The Bertz CT molecular complexity index is 836. The van der Waals surface area contributed by atoms with E-state index in [2.05, 4.69) is 10.3 Å². The molecule has 21 heavy (non-hydrogen) atoms. The molecule has 4 heteroatoms. The number of H-pyrrole nitrogens is 1. The number of para-hydroxylation sites is 1. The van der Waals surface area contributed by atoms with Crippen molar-refractivity contribution in [2.75, 3.05) is 5.32 Å². The molecule has 0 aliphatic heterocycles. The number of halogens is 1. The minimum Gasteiger partial charge on any atom is -0.349 e.